The maximum Gasteiger partial charge on any atom is 0.246 e. The first-order chi connectivity index (χ1) is 12.3. The van der Waals surface area contributed by atoms with E-state index in [4.69, 9.17) is 4.74 Å². The lowest BCUT2D eigenvalue weighted by atomic mass is 10.1. The smallest absolute Gasteiger partial charge is 0.246 e. The minimum absolute atomic E-state index is 0.0860. The Kier molecular flexibility index (Phi) is 4.02. The molecule has 0 aromatic carbocycles. The average molecular weight is 342 g/mol. The van der Waals surface area contributed by atoms with Crippen LogP contribution in [0.3, 0.4) is 0 Å². The molecule has 0 saturated carbocycles. The summed E-state index contributed by atoms with van der Waals surface area (Å²) in [4.78, 5) is 14.6. The minimum atomic E-state index is -0.422. The summed E-state index contributed by atoms with van der Waals surface area (Å²) in [7, 11) is 1.60. The number of amides is 1. The highest BCUT2D eigenvalue weighted by Crippen LogP contribution is 2.24. The van der Waals surface area contributed by atoms with E-state index in [1.54, 1.807) is 28.8 Å². The molecule has 1 atom stereocenters. The lowest BCUT2D eigenvalue weighted by Gasteiger charge is -2.33. The summed E-state index contributed by atoms with van der Waals surface area (Å²) in [6.45, 7) is 2.05. The minimum Gasteiger partial charge on any atom is -0.383 e. The zero-order valence-electron chi connectivity index (χ0n) is 13.7. The molecule has 1 amide bonds. The van der Waals surface area contributed by atoms with E-state index in [0.29, 0.717) is 31.9 Å². The number of rotatable bonds is 5. The number of aromatic nitrogens is 6. The molecule has 10 nitrogen and oxygen atoms in total. The second kappa shape index (κ2) is 6.48. The molecule has 0 bridgehead atoms. The van der Waals surface area contributed by atoms with E-state index in [0.717, 1.165) is 11.5 Å². The number of hydrogen-bond donors (Lipinski definition) is 1. The molecule has 3 aromatic heterocycles. The molecular weight excluding hydrogens is 324 g/mol. The van der Waals surface area contributed by atoms with E-state index in [-0.39, 0.29) is 5.91 Å². The second-order valence-electron chi connectivity index (χ2n) is 5.77. The third kappa shape index (κ3) is 2.91. The van der Waals surface area contributed by atoms with E-state index < -0.39 is 6.04 Å². The van der Waals surface area contributed by atoms with E-state index in [2.05, 4.69) is 30.6 Å². The van der Waals surface area contributed by atoms with Gasteiger partial charge in [0.25, 0.3) is 0 Å². The maximum absolute atomic E-state index is 12.6. The number of ether oxygens (including phenoxy) is 1. The summed E-state index contributed by atoms with van der Waals surface area (Å²) in [5.74, 6) is 0.673. The number of anilines is 1. The lowest BCUT2D eigenvalue weighted by molar-refractivity contribution is -0.124. The highest BCUT2D eigenvalue weighted by atomic mass is 16.5. The van der Waals surface area contributed by atoms with Crippen molar-refractivity contribution in [1.82, 2.24) is 34.9 Å². The molecule has 4 heterocycles. The molecule has 1 aliphatic rings. The summed E-state index contributed by atoms with van der Waals surface area (Å²) < 4.78 is 8.38. The van der Waals surface area contributed by atoms with Crippen LogP contribution in [-0.4, -0.2) is 62.3 Å². The Morgan fingerprint density at radius 3 is 3.20 bits per heavy atom. The second-order valence-corrected chi connectivity index (χ2v) is 5.77. The standard InChI is InChI=1S/C15H18N8O2/c1-25-7-6-16-15(24)12-9-21(8-11-4-5-18-23(11)12)14-3-2-13-19-17-10-22(13)20-14/h2-5,10,12H,6-9H2,1H3,(H,16,24)/t12-/m1/s1. The van der Waals surface area contributed by atoms with Gasteiger partial charge in [-0.05, 0) is 18.2 Å². The zero-order chi connectivity index (χ0) is 17.2. The molecule has 1 aliphatic heterocycles. The van der Waals surface area contributed by atoms with Gasteiger partial charge in [0.15, 0.2) is 5.65 Å². The summed E-state index contributed by atoms with van der Waals surface area (Å²) >= 11 is 0. The van der Waals surface area contributed by atoms with Gasteiger partial charge in [-0.25, -0.2) is 0 Å². The van der Waals surface area contributed by atoms with Gasteiger partial charge in [-0.2, -0.15) is 9.61 Å². The summed E-state index contributed by atoms with van der Waals surface area (Å²) in [5.41, 5.74) is 1.64. The van der Waals surface area contributed by atoms with Gasteiger partial charge < -0.3 is 15.0 Å². The van der Waals surface area contributed by atoms with Crippen LogP contribution in [-0.2, 0) is 16.1 Å². The van der Waals surface area contributed by atoms with Crippen molar-refractivity contribution < 1.29 is 9.53 Å². The molecule has 10 heteroatoms. The predicted molar refractivity (Wildman–Crippen MR) is 88.0 cm³/mol. The molecule has 4 rings (SSSR count). The van der Waals surface area contributed by atoms with Crippen LogP contribution in [0.15, 0.2) is 30.7 Å². The molecule has 3 aromatic rings. The fourth-order valence-corrected chi connectivity index (χ4v) is 2.94. The fraction of sp³-hybridized carbons (Fsp3) is 0.400. The van der Waals surface area contributed by atoms with Crippen LogP contribution in [0.5, 0.6) is 0 Å². The Balaban J connectivity index is 1.59. The monoisotopic (exact) mass is 342 g/mol. The Bertz CT molecular complexity index is 888. The summed E-state index contributed by atoms with van der Waals surface area (Å²) in [5, 5.41) is 19.5. The number of carbonyl (C=O) groups excluding carboxylic acids is 1. The molecule has 0 aliphatic carbocycles. The summed E-state index contributed by atoms with van der Waals surface area (Å²) in [6, 6.07) is 5.23. The van der Waals surface area contributed by atoms with E-state index >= 15 is 0 Å². The van der Waals surface area contributed by atoms with Crippen molar-refractivity contribution in [3.8, 4) is 0 Å². The van der Waals surface area contributed by atoms with Gasteiger partial charge in [0, 0.05) is 19.9 Å². The predicted octanol–water partition coefficient (Wildman–Crippen LogP) is -0.355. The lowest BCUT2D eigenvalue weighted by Crippen LogP contribution is -2.46. The van der Waals surface area contributed by atoms with Gasteiger partial charge in [0.2, 0.25) is 5.91 Å². The van der Waals surface area contributed by atoms with Crippen molar-refractivity contribution in [2.24, 2.45) is 0 Å². The Hall–Kier alpha value is -3.01. The molecular formula is C15H18N8O2. The first-order valence-corrected chi connectivity index (χ1v) is 7.97. The number of carbonyl (C=O) groups is 1. The largest absolute Gasteiger partial charge is 0.383 e. The molecule has 0 unspecified atom stereocenters. The average Bonchev–Trinajstić information content (AvgIpc) is 3.29. The highest BCUT2D eigenvalue weighted by molar-refractivity contribution is 5.81. The van der Waals surface area contributed by atoms with Crippen LogP contribution in [0.25, 0.3) is 5.65 Å². The van der Waals surface area contributed by atoms with E-state index in [1.165, 1.54) is 0 Å². The maximum atomic E-state index is 12.6. The van der Waals surface area contributed by atoms with Gasteiger partial charge in [-0.3, -0.25) is 9.48 Å². The van der Waals surface area contributed by atoms with Crippen molar-refractivity contribution in [3.05, 3.63) is 36.4 Å². The van der Waals surface area contributed by atoms with Crippen LogP contribution in [0.2, 0.25) is 0 Å². The van der Waals surface area contributed by atoms with Gasteiger partial charge in [-0.15, -0.1) is 15.3 Å². The van der Waals surface area contributed by atoms with Crippen molar-refractivity contribution in [3.63, 3.8) is 0 Å². The third-order valence-corrected chi connectivity index (χ3v) is 4.17. The van der Waals surface area contributed by atoms with Crippen molar-refractivity contribution in [2.45, 2.75) is 12.6 Å². The van der Waals surface area contributed by atoms with Crippen LogP contribution in [0.4, 0.5) is 5.82 Å². The number of fused-ring (bicyclic) bond motifs is 2. The van der Waals surface area contributed by atoms with Gasteiger partial charge >= 0.3 is 0 Å². The SMILES string of the molecule is COCCNC(=O)[C@H]1CN(c2ccc3nncn3n2)Cc2ccnn21. The van der Waals surface area contributed by atoms with Crippen molar-refractivity contribution in [2.75, 3.05) is 31.7 Å². The quantitative estimate of drug-likeness (QED) is 0.632. The summed E-state index contributed by atoms with van der Waals surface area (Å²) in [6.07, 6.45) is 3.27. The molecule has 130 valence electrons. The first-order valence-electron chi connectivity index (χ1n) is 7.97. The molecule has 25 heavy (non-hydrogen) atoms. The number of methoxy groups -OCH3 is 1. The van der Waals surface area contributed by atoms with Gasteiger partial charge in [-0.1, -0.05) is 0 Å². The molecule has 0 spiro atoms. The van der Waals surface area contributed by atoms with Crippen LogP contribution in [0, 0.1) is 0 Å². The highest BCUT2D eigenvalue weighted by Gasteiger charge is 2.31. The van der Waals surface area contributed by atoms with Crippen LogP contribution < -0.4 is 10.2 Å². The third-order valence-electron chi connectivity index (χ3n) is 4.17. The Morgan fingerprint density at radius 2 is 2.32 bits per heavy atom. The number of hydrogen-bond acceptors (Lipinski definition) is 7. The zero-order valence-corrected chi connectivity index (χ0v) is 13.7. The van der Waals surface area contributed by atoms with Crippen molar-refractivity contribution in [1.29, 1.82) is 0 Å². The molecule has 1 N–H and O–H groups in total. The molecule has 0 saturated heterocycles. The molecule has 0 radical (unpaired) electrons. The first kappa shape index (κ1) is 15.5. The fourth-order valence-electron chi connectivity index (χ4n) is 2.94. The van der Waals surface area contributed by atoms with Crippen molar-refractivity contribution >= 4 is 17.4 Å². The number of nitrogens with one attached hydrogen (secondary N) is 1. The Morgan fingerprint density at radius 1 is 1.40 bits per heavy atom. The molecule has 0 fully saturated rings. The van der Waals surface area contributed by atoms with Crippen LogP contribution in [0.1, 0.15) is 11.7 Å². The van der Waals surface area contributed by atoms with Gasteiger partial charge in [0.1, 0.15) is 18.2 Å². The van der Waals surface area contributed by atoms with Crippen LogP contribution >= 0.6 is 0 Å². The van der Waals surface area contributed by atoms with E-state index in [9.17, 15) is 4.79 Å². The van der Waals surface area contributed by atoms with E-state index in [1.807, 2.05) is 18.2 Å². The number of nitrogens with zero attached hydrogens (tertiary/aromatic N) is 7. The van der Waals surface area contributed by atoms with Gasteiger partial charge in [0.05, 0.1) is 25.4 Å². The topological polar surface area (TPSA) is 102 Å². The Labute approximate surface area is 143 Å². The normalized spacial score (nSPS) is 16.8.